The molecule has 1 atom stereocenters. The quantitative estimate of drug-likeness (QED) is 0.366. The highest BCUT2D eigenvalue weighted by Gasteiger charge is 2.11. The van der Waals surface area contributed by atoms with E-state index in [2.05, 4.69) is 51.1 Å². The average molecular weight is 450 g/mol. The van der Waals surface area contributed by atoms with Crippen LogP contribution in [0, 0.1) is 0 Å². The van der Waals surface area contributed by atoms with Gasteiger partial charge in [-0.05, 0) is 74.8 Å². The Morgan fingerprint density at radius 2 is 1.79 bits per heavy atom. The van der Waals surface area contributed by atoms with Gasteiger partial charge < -0.3 is 21.1 Å². The zero-order chi connectivity index (χ0) is 24.1. The van der Waals surface area contributed by atoms with Gasteiger partial charge in [-0.3, -0.25) is 0 Å². The molecule has 0 spiro atoms. The van der Waals surface area contributed by atoms with Crippen LogP contribution in [0.2, 0.25) is 0 Å². The number of benzene rings is 2. The van der Waals surface area contributed by atoms with E-state index < -0.39 is 0 Å². The summed E-state index contributed by atoms with van der Waals surface area (Å²) in [6.07, 6.45) is 6.41. The SMILES string of the molecule is CC.CC1CC=Cc2cc(O)ccc21.CNCCCNc1nc(CNC)nc2ccccc12. The fourth-order valence-corrected chi connectivity index (χ4v) is 3.65. The Labute approximate surface area is 198 Å². The van der Waals surface area contributed by atoms with Crippen LogP contribution in [-0.4, -0.2) is 42.3 Å². The first-order valence-electron chi connectivity index (χ1n) is 11.9. The van der Waals surface area contributed by atoms with E-state index in [4.69, 9.17) is 0 Å². The van der Waals surface area contributed by atoms with Gasteiger partial charge in [0, 0.05) is 11.9 Å². The molecule has 0 aliphatic heterocycles. The van der Waals surface area contributed by atoms with E-state index in [-0.39, 0.29) is 0 Å². The molecule has 33 heavy (non-hydrogen) atoms. The van der Waals surface area contributed by atoms with Gasteiger partial charge in [0.15, 0.2) is 0 Å². The molecule has 0 fully saturated rings. The van der Waals surface area contributed by atoms with Gasteiger partial charge in [0.25, 0.3) is 0 Å². The summed E-state index contributed by atoms with van der Waals surface area (Å²) in [6.45, 7) is 8.79. The number of anilines is 1. The summed E-state index contributed by atoms with van der Waals surface area (Å²) >= 11 is 0. The molecule has 2 aromatic carbocycles. The minimum absolute atomic E-state index is 0.354. The number of hydrogen-bond acceptors (Lipinski definition) is 6. The van der Waals surface area contributed by atoms with Crippen LogP contribution in [0.25, 0.3) is 17.0 Å². The maximum atomic E-state index is 9.24. The predicted octanol–water partition coefficient (Wildman–Crippen LogP) is 5.31. The molecule has 4 rings (SSSR count). The predicted molar refractivity (Wildman–Crippen MR) is 141 cm³/mol. The lowest BCUT2D eigenvalue weighted by Gasteiger charge is -2.17. The fraction of sp³-hybridized carbons (Fsp3) is 0.407. The van der Waals surface area contributed by atoms with E-state index in [1.54, 1.807) is 6.07 Å². The molecule has 0 saturated carbocycles. The molecule has 0 radical (unpaired) electrons. The van der Waals surface area contributed by atoms with Crippen LogP contribution < -0.4 is 16.0 Å². The number of allylic oxidation sites excluding steroid dienone is 1. The van der Waals surface area contributed by atoms with Gasteiger partial charge in [-0.2, -0.15) is 0 Å². The molecule has 1 aliphatic rings. The molecule has 1 unspecified atom stereocenters. The van der Waals surface area contributed by atoms with Crippen LogP contribution in [0.5, 0.6) is 5.75 Å². The maximum Gasteiger partial charge on any atom is 0.145 e. The van der Waals surface area contributed by atoms with Crippen molar-refractivity contribution in [2.45, 2.75) is 46.1 Å². The minimum atomic E-state index is 0.354. The number of para-hydroxylation sites is 1. The van der Waals surface area contributed by atoms with Crippen molar-refractivity contribution in [3.05, 3.63) is 65.5 Å². The Balaban J connectivity index is 0.000000236. The number of aromatic nitrogens is 2. The molecule has 0 saturated heterocycles. The lowest BCUT2D eigenvalue weighted by molar-refractivity contribution is 0.474. The molecule has 6 nitrogen and oxygen atoms in total. The number of nitrogens with one attached hydrogen (secondary N) is 3. The standard InChI is InChI=1S/C14H21N5.C11H12O.C2H6/c1-15-8-5-9-17-14-11-6-3-4-7-12(11)18-13(19-14)10-16-2;1-8-3-2-4-9-7-10(12)5-6-11(8)9;1-2/h3-4,6-7,15-16H,5,8-10H2,1-2H3,(H,17,18,19);2,4-8,12H,3H2,1H3;1-2H3. The minimum Gasteiger partial charge on any atom is -0.508 e. The molecule has 0 bridgehead atoms. The molecule has 1 aromatic heterocycles. The third-order valence-electron chi connectivity index (χ3n) is 5.27. The molecular weight excluding hydrogens is 410 g/mol. The number of phenolic OH excluding ortho intramolecular Hbond substituents is 1. The van der Waals surface area contributed by atoms with Crippen LogP contribution >= 0.6 is 0 Å². The van der Waals surface area contributed by atoms with Crippen molar-refractivity contribution in [2.24, 2.45) is 0 Å². The second-order valence-corrected chi connectivity index (χ2v) is 7.77. The summed E-state index contributed by atoms with van der Waals surface area (Å²) in [6, 6.07) is 13.7. The fourth-order valence-electron chi connectivity index (χ4n) is 3.65. The summed E-state index contributed by atoms with van der Waals surface area (Å²) in [5.74, 6) is 2.68. The molecule has 4 N–H and O–H groups in total. The van der Waals surface area contributed by atoms with Crippen molar-refractivity contribution in [1.82, 2.24) is 20.6 Å². The molecule has 178 valence electrons. The topological polar surface area (TPSA) is 82.1 Å². The van der Waals surface area contributed by atoms with Crippen molar-refractivity contribution in [3.8, 4) is 5.75 Å². The summed E-state index contributed by atoms with van der Waals surface area (Å²) in [4.78, 5) is 9.13. The smallest absolute Gasteiger partial charge is 0.145 e. The molecule has 3 aromatic rings. The summed E-state index contributed by atoms with van der Waals surface area (Å²) in [5, 5.41) is 19.9. The van der Waals surface area contributed by atoms with E-state index in [1.165, 1.54) is 5.56 Å². The summed E-state index contributed by atoms with van der Waals surface area (Å²) in [5.41, 5.74) is 3.49. The molecule has 1 heterocycles. The van der Waals surface area contributed by atoms with Crippen LogP contribution in [0.1, 0.15) is 56.5 Å². The lowest BCUT2D eigenvalue weighted by Crippen LogP contribution is -2.15. The third-order valence-corrected chi connectivity index (χ3v) is 5.27. The molecular formula is C27H39N5O. The summed E-state index contributed by atoms with van der Waals surface area (Å²) < 4.78 is 0. The van der Waals surface area contributed by atoms with E-state index in [9.17, 15) is 5.11 Å². The van der Waals surface area contributed by atoms with E-state index in [1.807, 2.05) is 58.3 Å². The van der Waals surface area contributed by atoms with Gasteiger partial charge >= 0.3 is 0 Å². The average Bonchev–Trinajstić information content (AvgIpc) is 2.84. The summed E-state index contributed by atoms with van der Waals surface area (Å²) in [7, 11) is 3.86. The second kappa shape index (κ2) is 14.2. The van der Waals surface area contributed by atoms with Crippen molar-refractivity contribution in [1.29, 1.82) is 0 Å². The number of hydrogen-bond donors (Lipinski definition) is 4. The maximum absolute atomic E-state index is 9.24. The van der Waals surface area contributed by atoms with Crippen molar-refractivity contribution < 1.29 is 5.11 Å². The van der Waals surface area contributed by atoms with Crippen molar-refractivity contribution in [2.75, 3.05) is 32.5 Å². The Morgan fingerprint density at radius 1 is 1.00 bits per heavy atom. The van der Waals surface area contributed by atoms with Gasteiger partial charge in [0.2, 0.25) is 0 Å². The number of aromatic hydroxyl groups is 1. The van der Waals surface area contributed by atoms with Crippen molar-refractivity contribution >= 4 is 22.8 Å². The normalized spacial score (nSPS) is 13.9. The van der Waals surface area contributed by atoms with Crippen LogP contribution in [0.3, 0.4) is 0 Å². The highest BCUT2D eigenvalue weighted by molar-refractivity contribution is 5.88. The van der Waals surface area contributed by atoms with Crippen molar-refractivity contribution in [3.63, 3.8) is 0 Å². The number of phenols is 1. The number of rotatable bonds is 7. The molecule has 6 heteroatoms. The van der Waals surface area contributed by atoms with Crippen LogP contribution in [-0.2, 0) is 6.54 Å². The van der Waals surface area contributed by atoms with E-state index in [0.717, 1.165) is 54.0 Å². The van der Waals surface area contributed by atoms with E-state index >= 15 is 0 Å². The zero-order valence-electron chi connectivity index (χ0n) is 20.7. The highest BCUT2D eigenvalue weighted by Crippen LogP contribution is 2.31. The Bertz CT molecular complexity index is 1020. The Hall–Kier alpha value is -2.96. The second-order valence-electron chi connectivity index (χ2n) is 7.77. The lowest BCUT2D eigenvalue weighted by atomic mass is 9.88. The van der Waals surface area contributed by atoms with Gasteiger partial charge in [-0.15, -0.1) is 0 Å². The van der Waals surface area contributed by atoms with Crippen LogP contribution in [0.15, 0.2) is 48.5 Å². The van der Waals surface area contributed by atoms with Gasteiger partial charge in [-0.25, -0.2) is 9.97 Å². The van der Waals surface area contributed by atoms with Gasteiger partial charge in [0.05, 0.1) is 12.1 Å². The van der Waals surface area contributed by atoms with Crippen LogP contribution in [0.4, 0.5) is 5.82 Å². The highest BCUT2D eigenvalue weighted by atomic mass is 16.3. The molecule has 0 amide bonds. The third kappa shape index (κ3) is 7.84. The first-order chi connectivity index (χ1) is 16.1. The monoisotopic (exact) mass is 449 g/mol. The van der Waals surface area contributed by atoms with Gasteiger partial charge in [0.1, 0.15) is 17.4 Å². The number of nitrogens with zero attached hydrogens (tertiary/aromatic N) is 2. The zero-order valence-corrected chi connectivity index (χ0v) is 20.7. The Kier molecular flexibility index (Phi) is 11.3. The first-order valence-corrected chi connectivity index (χ1v) is 11.9. The Morgan fingerprint density at radius 3 is 2.55 bits per heavy atom. The van der Waals surface area contributed by atoms with Gasteiger partial charge in [-0.1, -0.05) is 51.1 Å². The molecule has 1 aliphatic carbocycles. The largest absolute Gasteiger partial charge is 0.508 e. The number of fused-ring (bicyclic) bond motifs is 2. The van der Waals surface area contributed by atoms with E-state index in [0.29, 0.717) is 18.2 Å². The first kappa shape index (κ1) is 26.3.